The molecule has 11 heteroatoms. The van der Waals surface area contributed by atoms with Crippen LogP contribution in [0.3, 0.4) is 0 Å². The molecule has 1 N–H and O–H groups in total. The predicted octanol–water partition coefficient (Wildman–Crippen LogP) is 1.63. The molecule has 0 radical (unpaired) electrons. The first-order valence-electron chi connectivity index (χ1n) is 10.9. The highest BCUT2D eigenvalue weighted by molar-refractivity contribution is 6.31. The Morgan fingerprint density at radius 2 is 2.03 bits per heavy atom. The summed E-state index contributed by atoms with van der Waals surface area (Å²) in [7, 11) is 2.93. The maximum absolute atomic E-state index is 14.7. The van der Waals surface area contributed by atoms with E-state index in [9.17, 15) is 18.8 Å². The van der Waals surface area contributed by atoms with Crippen LogP contribution in [0.15, 0.2) is 27.8 Å². The Morgan fingerprint density at radius 1 is 1.27 bits per heavy atom. The average Bonchev–Trinajstić information content (AvgIpc) is 3.18. The van der Waals surface area contributed by atoms with Crippen LogP contribution in [-0.4, -0.2) is 44.2 Å². The first-order chi connectivity index (χ1) is 15.7. The number of aryl methyl sites for hydroxylation is 1. The van der Waals surface area contributed by atoms with Crippen molar-refractivity contribution in [1.82, 2.24) is 24.0 Å². The number of benzene rings is 1. The van der Waals surface area contributed by atoms with E-state index in [4.69, 9.17) is 11.6 Å². The number of piperidine rings is 1. The maximum Gasteiger partial charge on any atom is 0.332 e. The lowest BCUT2D eigenvalue weighted by molar-refractivity contribution is -0.125. The molecular formula is C22H26ClFN6O3. The van der Waals surface area contributed by atoms with Gasteiger partial charge in [0.1, 0.15) is 5.82 Å². The van der Waals surface area contributed by atoms with Crippen molar-refractivity contribution in [3.8, 4) is 0 Å². The van der Waals surface area contributed by atoms with Crippen LogP contribution in [0.2, 0.25) is 5.02 Å². The van der Waals surface area contributed by atoms with E-state index in [1.165, 1.54) is 30.8 Å². The molecule has 0 saturated carbocycles. The van der Waals surface area contributed by atoms with Gasteiger partial charge in [-0.25, -0.2) is 9.18 Å². The number of hydrogen-bond donors (Lipinski definition) is 1. The molecule has 1 saturated heterocycles. The van der Waals surface area contributed by atoms with E-state index in [0.29, 0.717) is 25.6 Å². The van der Waals surface area contributed by atoms with Crippen LogP contribution in [0.25, 0.3) is 11.2 Å². The SMILES string of the molecule is CCNC(=O)C1CCCN(c2nc3c(c(=O)n(C)c(=O)n3C)n2Cc2c(F)cccc2Cl)C1. The number of carbonyl (C=O) groups excluding carboxylic acids is 1. The van der Waals surface area contributed by atoms with E-state index in [1.54, 1.807) is 10.6 Å². The molecule has 0 spiro atoms. The van der Waals surface area contributed by atoms with Crippen LogP contribution in [0.1, 0.15) is 25.3 Å². The number of anilines is 1. The van der Waals surface area contributed by atoms with Gasteiger partial charge in [0.05, 0.1) is 12.5 Å². The quantitative estimate of drug-likeness (QED) is 0.604. The first-order valence-corrected chi connectivity index (χ1v) is 11.2. The Kier molecular flexibility index (Phi) is 6.29. The Bertz CT molecular complexity index is 1320. The van der Waals surface area contributed by atoms with E-state index < -0.39 is 17.1 Å². The van der Waals surface area contributed by atoms with Gasteiger partial charge >= 0.3 is 5.69 Å². The van der Waals surface area contributed by atoms with Crippen LogP contribution in [-0.2, 0) is 25.4 Å². The number of nitrogens with zero attached hydrogens (tertiary/aromatic N) is 5. The van der Waals surface area contributed by atoms with Crippen molar-refractivity contribution in [3.05, 3.63) is 55.4 Å². The third-order valence-corrected chi connectivity index (χ3v) is 6.49. The fourth-order valence-electron chi connectivity index (χ4n) is 4.36. The van der Waals surface area contributed by atoms with Gasteiger partial charge in [0.25, 0.3) is 5.56 Å². The molecule has 1 atom stereocenters. The lowest BCUT2D eigenvalue weighted by Crippen LogP contribution is -2.44. The number of halogens is 2. The minimum atomic E-state index is -0.531. The molecule has 1 amide bonds. The molecule has 0 aliphatic carbocycles. The minimum Gasteiger partial charge on any atom is -0.356 e. The van der Waals surface area contributed by atoms with Crippen molar-refractivity contribution in [2.24, 2.45) is 20.0 Å². The Balaban J connectivity index is 1.90. The molecule has 1 aliphatic rings. The number of carbonyl (C=O) groups is 1. The van der Waals surface area contributed by atoms with Crippen LogP contribution in [0.4, 0.5) is 10.3 Å². The lowest BCUT2D eigenvalue weighted by atomic mass is 9.97. The molecular weight excluding hydrogens is 451 g/mol. The highest BCUT2D eigenvalue weighted by Gasteiger charge is 2.30. The molecule has 1 unspecified atom stereocenters. The van der Waals surface area contributed by atoms with Gasteiger partial charge in [-0.05, 0) is 31.9 Å². The monoisotopic (exact) mass is 476 g/mol. The van der Waals surface area contributed by atoms with Gasteiger partial charge in [-0.3, -0.25) is 23.3 Å². The third kappa shape index (κ3) is 4.03. The molecule has 1 aromatic carbocycles. The second kappa shape index (κ2) is 9.01. The van der Waals surface area contributed by atoms with Gasteiger partial charge in [-0.15, -0.1) is 0 Å². The van der Waals surface area contributed by atoms with Crippen molar-refractivity contribution in [3.63, 3.8) is 0 Å². The third-order valence-electron chi connectivity index (χ3n) is 6.13. The first kappa shape index (κ1) is 23.0. The smallest absolute Gasteiger partial charge is 0.332 e. The van der Waals surface area contributed by atoms with Gasteiger partial charge in [0, 0.05) is 44.3 Å². The minimum absolute atomic E-state index is 0.0367. The summed E-state index contributed by atoms with van der Waals surface area (Å²) in [6.45, 7) is 3.37. The van der Waals surface area contributed by atoms with E-state index >= 15 is 0 Å². The van der Waals surface area contributed by atoms with Gasteiger partial charge in [0.15, 0.2) is 11.2 Å². The summed E-state index contributed by atoms with van der Waals surface area (Å²) in [5, 5.41) is 3.08. The standard InChI is InChI=1S/C22H26ClFN6O3/c1-4-25-19(31)13-7-6-10-29(11-13)21-26-18-17(20(32)28(3)22(33)27(18)2)30(21)12-14-15(23)8-5-9-16(14)24/h5,8-9,13H,4,6-7,10-12H2,1-3H3,(H,25,31). The zero-order valence-electron chi connectivity index (χ0n) is 18.8. The normalized spacial score (nSPS) is 16.4. The largest absolute Gasteiger partial charge is 0.356 e. The van der Waals surface area contributed by atoms with Gasteiger partial charge < -0.3 is 10.2 Å². The molecule has 9 nitrogen and oxygen atoms in total. The summed E-state index contributed by atoms with van der Waals surface area (Å²) < 4.78 is 18.6. The average molecular weight is 477 g/mol. The second-order valence-electron chi connectivity index (χ2n) is 8.26. The predicted molar refractivity (Wildman–Crippen MR) is 124 cm³/mol. The van der Waals surface area contributed by atoms with E-state index in [-0.39, 0.29) is 40.1 Å². The second-order valence-corrected chi connectivity index (χ2v) is 8.66. The molecule has 4 rings (SSSR count). The number of fused-ring (bicyclic) bond motifs is 1. The molecule has 3 heterocycles. The summed E-state index contributed by atoms with van der Waals surface area (Å²) in [6, 6.07) is 4.40. The summed E-state index contributed by atoms with van der Waals surface area (Å²) in [5.41, 5.74) is -0.448. The zero-order chi connectivity index (χ0) is 23.9. The van der Waals surface area contributed by atoms with Crippen molar-refractivity contribution in [2.45, 2.75) is 26.3 Å². The van der Waals surface area contributed by atoms with Crippen LogP contribution >= 0.6 is 11.6 Å². The Labute approximate surface area is 194 Å². The molecule has 0 bridgehead atoms. The highest BCUT2D eigenvalue weighted by Crippen LogP contribution is 2.28. The number of hydrogen-bond acceptors (Lipinski definition) is 5. The molecule has 3 aromatic rings. The molecule has 33 heavy (non-hydrogen) atoms. The Hall–Kier alpha value is -3.14. The van der Waals surface area contributed by atoms with Crippen molar-refractivity contribution >= 4 is 34.6 Å². The van der Waals surface area contributed by atoms with Gasteiger partial charge in [0.2, 0.25) is 11.9 Å². The van der Waals surface area contributed by atoms with Crippen molar-refractivity contribution in [1.29, 1.82) is 0 Å². The molecule has 176 valence electrons. The lowest BCUT2D eigenvalue weighted by Gasteiger charge is -2.33. The van der Waals surface area contributed by atoms with E-state index in [1.807, 2.05) is 11.8 Å². The summed E-state index contributed by atoms with van der Waals surface area (Å²) in [6.07, 6.45) is 1.49. The van der Waals surface area contributed by atoms with Crippen LogP contribution in [0, 0.1) is 11.7 Å². The fourth-order valence-corrected chi connectivity index (χ4v) is 4.58. The number of imidazole rings is 1. The summed E-state index contributed by atoms with van der Waals surface area (Å²) >= 11 is 6.28. The van der Waals surface area contributed by atoms with Gasteiger partial charge in [-0.2, -0.15) is 4.98 Å². The van der Waals surface area contributed by atoms with Crippen LogP contribution in [0.5, 0.6) is 0 Å². The van der Waals surface area contributed by atoms with E-state index in [2.05, 4.69) is 10.3 Å². The van der Waals surface area contributed by atoms with Crippen molar-refractivity contribution < 1.29 is 9.18 Å². The maximum atomic E-state index is 14.7. The fraction of sp³-hybridized carbons (Fsp3) is 0.455. The Morgan fingerprint density at radius 3 is 2.73 bits per heavy atom. The molecule has 1 fully saturated rings. The zero-order valence-corrected chi connectivity index (χ0v) is 19.5. The number of rotatable bonds is 5. The number of amides is 1. The number of aromatic nitrogens is 4. The van der Waals surface area contributed by atoms with Crippen LogP contribution < -0.4 is 21.5 Å². The molecule has 1 aliphatic heterocycles. The number of nitrogens with one attached hydrogen (secondary N) is 1. The highest BCUT2D eigenvalue weighted by atomic mass is 35.5. The summed E-state index contributed by atoms with van der Waals surface area (Å²) in [4.78, 5) is 44.7. The molecule has 2 aromatic heterocycles. The van der Waals surface area contributed by atoms with E-state index in [0.717, 1.165) is 17.4 Å². The topological polar surface area (TPSA) is 94.2 Å². The summed E-state index contributed by atoms with van der Waals surface area (Å²) in [5.74, 6) is -0.381. The van der Waals surface area contributed by atoms with Gasteiger partial charge in [-0.1, -0.05) is 17.7 Å². The van der Waals surface area contributed by atoms with Crippen molar-refractivity contribution in [2.75, 3.05) is 24.5 Å².